The second kappa shape index (κ2) is 7.70. The van der Waals surface area contributed by atoms with E-state index in [1.165, 1.54) is 33.0 Å². The van der Waals surface area contributed by atoms with Crippen LogP contribution in [0.25, 0.3) is 16.3 Å². The van der Waals surface area contributed by atoms with Gasteiger partial charge in [0, 0.05) is 0 Å². The van der Waals surface area contributed by atoms with Crippen LogP contribution in [0.3, 0.4) is 0 Å². The van der Waals surface area contributed by atoms with Gasteiger partial charge in [-0.1, -0.05) is 87.5 Å². The first-order valence-electron chi connectivity index (χ1n) is 9.30. The SMILES string of the molecule is C/C(=C/CC(C)c1cccc(C(C)C)c1)c1ccc2ccccc2c1. The summed E-state index contributed by atoms with van der Waals surface area (Å²) in [6, 6.07) is 24.4. The van der Waals surface area contributed by atoms with Crippen molar-refractivity contribution in [2.45, 2.75) is 46.0 Å². The molecule has 25 heavy (non-hydrogen) atoms. The van der Waals surface area contributed by atoms with Crippen LogP contribution in [-0.4, -0.2) is 0 Å². The highest BCUT2D eigenvalue weighted by Gasteiger charge is 2.07. The fourth-order valence-electron chi connectivity index (χ4n) is 3.27. The van der Waals surface area contributed by atoms with Crippen LogP contribution in [0.1, 0.15) is 62.6 Å². The van der Waals surface area contributed by atoms with E-state index in [1.807, 2.05) is 0 Å². The predicted octanol–water partition coefficient (Wildman–Crippen LogP) is 7.56. The number of allylic oxidation sites excluding steroid dienone is 2. The van der Waals surface area contributed by atoms with Crippen LogP contribution < -0.4 is 0 Å². The molecule has 0 heterocycles. The molecule has 0 aliphatic carbocycles. The highest BCUT2D eigenvalue weighted by Crippen LogP contribution is 2.26. The normalized spacial score (nSPS) is 13.4. The molecule has 0 aromatic heterocycles. The molecule has 0 spiro atoms. The maximum absolute atomic E-state index is 2.39. The fraction of sp³-hybridized carbons (Fsp3) is 0.280. The van der Waals surface area contributed by atoms with Crippen molar-refractivity contribution < 1.29 is 0 Å². The van der Waals surface area contributed by atoms with E-state index >= 15 is 0 Å². The van der Waals surface area contributed by atoms with Gasteiger partial charge >= 0.3 is 0 Å². The summed E-state index contributed by atoms with van der Waals surface area (Å²) in [5.74, 6) is 1.12. The number of hydrogen-bond donors (Lipinski definition) is 0. The number of fused-ring (bicyclic) bond motifs is 1. The van der Waals surface area contributed by atoms with Gasteiger partial charge in [0.25, 0.3) is 0 Å². The van der Waals surface area contributed by atoms with Gasteiger partial charge in [-0.3, -0.25) is 0 Å². The molecule has 0 aliphatic heterocycles. The third-order valence-electron chi connectivity index (χ3n) is 5.13. The van der Waals surface area contributed by atoms with Gasteiger partial charge in [-0.2, -0.15) is 0 Å². The second-order valence-electron chi connectivity index (χ2n) is 7.41. The molecule has 0 fully saturated rings. The lowest BCUT2D eigenvalue weighted by atomic mass is 9.92. The average Bonchev–Trinajstić information content (AvgIpc) is 2.65. The summed E-state index contributed by atoms with van der Waals surface area (Å²) in [5.41, 5.74) is 5.55. The lowest BCUT2D eigenvalue weighted by Gasteiger charge is -2.14. The lowest BCUT2D eigenvalue weighted by molar-refractivity contribution is 0.773. The maximum Gasteiger partial charge on any atom is -0.0155 e. The summed E-state index contributed by atoms with van der Waals surface area (Å²) in [5, 5.41) is 2.61. The van der Waals surface area contributed by atoms with Crippen LogP contribution in [0, 0.1) is 0 Å². The summed E-state index contributed by atoms with van der Waals surface area (Å²) in [6.45, 7) is 9.06. The molecule has 1 atom stereocenters. The van der Waals surface area contributed by atoms with Crippen LogP contribution in [0.4, 0.5) is 0 Å². The van der Waals surface area contributed by atoms with E-state index in [0.717, 1.165) is 6.42 Å². The van der Waals surface area contributed by atoms with Gasteiger partial charge < -0.3 is 0 Å². The van der Waals surface area contributed by atoms with Crippen LogP contribution >= 0.6 is 0 Å². The molecule has 0 saturated heterocycles. The molecule has 0 radical (unpaired) electrons. The van der Waals surface area contributed by atoms with Gasteiger partial charge in [0.2, 0.25) is 0 Å². The molecule has 128 valence electrons. The van der Waals surface area contributed by atoms with E-state index in [-0.39, 0.29) is 0 Å². The summed E-state index contributed by atoms with van der Waals surface area (Å²) in [7, 11) is 0. The first-order chi connectivity index (χ1) is 12.0. The molecule has 0 aliphatic rings. The standard InChI is InChI=1S/C25H28/c1-18(2)22-10-7-11-23(16-22)19(3)12-13-20(4)24-15-14-21-8-5-6-9-25(21)17-24/h5-11,13-19H,12H2,1-4H3/b20-13-. The van der Waals surface area contributed by atoms with Crippen molar-refractivity contribution in [3.63, 3.8) is 0 Å². The molecule has 0 amide bonds. The molecule has 0 heteroatoms. The molecule has 0 saturated carbocycles. The minimum Gasteiger partial charge on any atom is -0.0804 e. The Hall–Kier alpha value is -2.34. The van der Waals surface area contributed by atoms with Crippen LogP contribution in [0.5, 0.6) is 0 Å². The Labute approximate surface area is 152 Å². The Morgan fingerprint density at radius 2 is 1.52 bits per heavy atom. The van der Waals surface area contributed by atoms with E-state index in [0.29, 0.717) is 11.8 Å². The fourth-order valence-corrected chi connectivity index (χ4v) is 3.27. The number of benzene rings is 3. The van der Waals surface area contributed by atoms with Crippen molar-refractivity contribution in [1.29, 1.82) is 0 Å². The monoisotopic (exact) mass is 328 g/mol. The van der Waals surface area contributed by atoms with Crippen molar-refractivity contribution in [3.8, 4) is 0 Å². The zero-order chi connectivity index (χ0) is 17.8. The van der Waals surface area contributed by atoms with Gasteiger partial charge in [0.15, 0.2) is 0 Å². The third kappa shape index (κ3) is 4.20. The summed E-state index contributed by atoms with van der Waals surface area (Å²) in [4.78, 5) is 0. The van der Waals surface area contributed by atoms with E-state index in [2.05, 4.69) is 101 Å². The van der Waals surface area contributed by atoms with E-state index in [4.69, 9.17) is 0 Å². The first kappa shape index (κ1) is 17.5. The largest absolute Gasteiger partial charge is 0.0804 e. The molecule has 0 bridgehead atoms. The van der Waals surface area contributed by atoms with E-state index in [9.17, 15) is 0 Å². The van der Waals surface area contributed by atoms with Gasteiger partial charge in [0.05, 0.1) is 0 Å². The summed E-state index contributed by atoms with van der Waals surface area (Å²) in [6.07, 6.45) is 3.46. The first-order valence-corrected chi connectivity index (χ1v) is 9.30. The Balaban J connectivity index is 1.76. The number of rotatable bonds is 5. The Bertz CT molecular complexity index is 883. The van der Waals surface area contributed by atoms with Crippen molar-refractivity contribution in [1.82, 2.24) is 0 Å². The summed E-state index contributed by atoms with van der Waals surface area (Å²) >= 11 is 0. The van der Waals surface area contributed by atoms with Crippen molar-refractivity contribution >= 4 is 16.3 Å². The summed E-state index contributed by atoms with van der Waals surface area (Å²) < 4.78 is 0. The molecule has 0 N–H and O–H groups in total. The topological polar surface area (TPSA) is 0 Å². The van der Waals surface area contributed by atoms with E-state index in [1.54, 1.807) is 0 Å². The zero-order valence-electron chi connectivity index (χ0n) is 15.8. The van der Waals surface area contributed by atoms with Gasteiger partial charge in [0.1, 0.15) is 0 Å². The maximum atomic E-state index is 2.39. The zero-order valence-corrected chi connectivity index (χ0v) is 15.8. The van der Waals surface area contributed by atoms with Crippen LogP contribution in [0.15, 0.2) is 72.8 Å². The molecule has 3 aromatic rings. The lowest BCUT2D eigenvalue weighted by Crippen LogP contribution is -1.95. The molecular weight excluding hydrogens is 300 g/mol. The Morgan fingerprint density at radius 1 is 0.800 bits per heavy atom. The predicted molar refractivity (Wildman–Crippen MR) is 111 cm³/mol. The number of hydrogen-bond acceptors (Lipinski definition) is 0. The molecule has 3 aromatic carbocycles. The van der Waals surface area contributed by atoms with Crippen molar-refractivity contribution in [2.24, 2.45) is 0 Å². The highest BCUT2D eigenvalue weighted by atomic mass is 14.1. The average molecular weight is 328 g/mol. The van der Waals surface area contributed by atoms with Crippen molar-refractivity contribution in [2.75, 3.05) is 0 Å². The van der Waals surface area contributed by atoms with Gasteiger partial charge in [-0.25, -0.2) is 0 Å². The molecular formula is C25H28. The quantitative estimate of drug-likeness (QED) is 0.453. The van der Waals surface area contributed by atoms with Crippen LogP contribution in [-0.2, 0) is 0 Å². The van der Waals surface area contributed by atoms with Gasteiger partial charge in [-0.15, -0.1) is 0 Å². The highest BCUT2D eigenvalue weighted by molar-refractivity contribution is 5.86. The molecule has 0 nitrogen and oxygen atoms in total. The minimum atomic E-state index is 0.536. The second-order valence-corrected chi connectivity index (χ2v) is 7.41. The Morgan fingerprint density at radius 3 is 2.28 bits per heavy atom. The third-order valence-corrected chi connectivity index (χ3v) is 5.13. The minimum absolute atomic E-state index is 0.536. The van der Waals surface area contributed by atoms with Crippen LogP contribution in [0.2, 0.25) is 0 Å². The van der Waals surface area contributed by atoms with Gasteiger partial charge in [-0.05, 0) is 64.3 Å². The van der Waals surface area contributed by atoms with E-state index < -0.39 is 0 Å². The molecule has 3 rings (SSSR count). The molecule has 1 unspecified atom stereocenters. The Kier molecular flexibility index (Phi) is 5.38. The smallest absolute Gasteiger partial charge is 0.0155 e. The van der Waals surface area contributed by atoms with Crippen molar-refractivity contribution in [3.05, 3.63) is 89.5 Å².